The predicted octanol–water partition coefficient (Wildman–Crippen LogP) is 3.61. The van der Waals surface area contributed by atoms with Gasteiger partial charge in [-0.1, -0.05) is 17.9 Å². The van der Waals surface area contributed by atoms with Crippen molar-refractivity contribution in [2.75, 3.05) is 13.7 Å². The van der Waals surface area contributed by atoms with Crippen molar-refractivity contribution in [1.82, 2.24) is 9.97 Å². The molecule has 2 aliphatic rings. The molecule has 0 saturated heterocycles. The van der Waals surface area contributed by atoms with Gasteiger partial charge in [0.05, 0.1) is 5.56 Å². The van der Waals surface area contributed by atoms with Crippen LogP contribution >= 0.6 is 0 Å². The Labute approximate surface area is 186 Å². The third-order valence-electron chi connectivity index (χ3n) is 5.67. The van der Waals surface area contributed by atoms with E-state index < -0.39 is 11.1 Å². The fourth-order valence-electron chi connectivity index (χ4n) is 3.77. The summed E-state index contributed by atoms with van der Waals surface area (Å²) in [7, 11) is 1.64. The Balaban J connectivity index is 1.66. The van der Waals surface area contributed by atoms with E-state index in [0.29, 0.717) is 11.6 Å². The van der Waals surface area contributed by atoms with Crippen molar-refractivity contribution in [2.45, 2.75) is 25.0 Å². The van der Waals surface area contributed by atoms with Gasteiger partial charge < -0.3 is 19.9 Å². The molecule has 1 aromatic carbocycles. The van der Waals surface area contributed by atoms with Crippen molar-refractivity contribution in [3.8, 4) is 34.6 Å². The van der Waals surface area contributed by atoms with Crippen LogP contribution in [0.2, 0.25) is 0 Å². The highest BCUT2D eigenvalue weighted by Gasteiger charge is 2.47. The van der Waals surface area contributed by atoms with Gasteiger partial charge in [-0.25, -0.2) is 9.98 Å². The molecule has 1 spiro atoms. The van der Waals surface area contributed by atoms with Crippen LogP contribution in [0, 0.1) is 11.8 Å². The van der Waals surface area contributed by atoms with E-state index in [2.05, 4.69) is 21.8 Å². The first kappa shape index (κ1) is 20.0. The highest BCUT2D eigenvalue weighted by Crippen LogP contribution is 2.50. The van der Waals surface area contributed by atoms with Gasteiger partial charge in [-0.05, 0) is 44.2 Å². The van der Waals surface area contributed by atoms with Crippen molar-refractivity contribution in [2.24, 2.45) is 10.7 Å². The lowest BCUT2D eigenvalue weighted by molar-refractivity contribution is 0.0742. The molecule has 7 heteroatoms. The van der Waals surface area contributed by atoms with Gasteiger partial charge in [0.1, 0.15) is 18.0 Å². The highest BCUT2D eigenvalue weighted by molar-refractivity contribution is 5.77. The Kier molecular flexibility index (Phi) is 4.61. The maximum absolute atomic E-state index is 6.15. The highest BCUT2D eigenvalue weighted by atomic mass is 16.5. The maximum atomic E-state index is 6.15. The van der Waals surface area contributed by atoms with E-state index in [4.69, 9.17) is 24.9 Å². The Bertz CT molecular complexity index is 1290. The van der Waals surface area contributed by atoms with Crippen molar-refractivity contribution in [3.05, 3.63) is 71.7 Å². The summed E-state index contributed by atoms with van der Waals surface area (Å²) in [5, 5.41) is 0. The summed E-state index contributed by atoms with van der Waals surface area (Å²) in [4.78, 5) is 13.5. The number of nitrogens with two attached hydrogens (primary N) is 1. The quantitative estimate of drug-likeness (QED) is 0.630. The average Bonchev–Trinajstić information content (AvgIpc) is 3.21. The van der Waals surface area contributed by atoms with Gasteiger partial charge in [0.25, 0.3) is 6.02 Å². The number of fused-ring (bicyclic) bond motifs is 4. The summed E-state index contributed by atoms with van der Waals surface area (Å²) >= 11 is 0. The second-order valence-electron chi connectivity index (χ2n) is 8.19. The third kappa shape index (κ3) is 3.35. The van der Waals surface area contributed by atoms with Crippen LogP contribution < -0.4 is 10.5 Å². The predicted molar refractivity (Wildman–Crippen MR) is 120 cm³/mol. The number of ether oxygens (including phenoxy) is 3. The molecule has 1 atom stereocenters. The Morgan fingerprint density at radius 2 is 2.00 bits per heavy atom. The number of benzene rings is 1. The molecule has 3 aromatic rings. The van der Waals surface area contributed by atoms with Crippen molar-refractivity contribution in [1.29, 1.82) is 0 Å². The Morgan fingerprint density at radius 3 is 2.72 bits per heavy atom. The summed E-state index contributed by atoms with van der Waals surface area (Å²) in [6.07, 6.45) is 5.30. The summed E-state index contributed by atoms with van der Waals surface area (Å²) < 4.78 is 17.2. The molecule has 5 rings (SSSR count). The first-order chi connectivity index (χ1) is 15.4. The molecule has 2 aromatic heterocycles. The van der Waals surface area contributed by atoms with Crippen LogP contribution in [0.5, 0.6) is 11.6 Å². The second kappa shape index (κ2) is 7.36. The maximum Gasteiger partial charge on any atom is 0.283 e. The molecule has 0 aliphatic carbocycles. The average molecular weight is 426 g/mol. The first-order valence-electron chi connectivity index (χ1n) is 10.2. The van der Waals surface area contributed by atoms with Crippen molar-refractivity contribution >= 4 is 6.02 Å². The number of pyridine rings is 2. The Hall–Kier alpha value is -3.89. The van der Waals surface area contributed by atoms with E-state index in [1.165, 1.54) is 0 Å². The van der Waals surface area contributed by atoms with Crippen LogP contribution in [-0.2, 0) is 15.0 Å². The number of methoxy groups -OCH3 is 1. The minimum atomic E-state index is -0.868. The number of aromatic nitrogens is 2. The lowest BCUT2D eigenvalue weighted by Gasteiger charge is -2.33. The molecule has 0 amide bonds. The second-order valence-corrected chi connectivity index (χ2v) is 8.19. The molecule has 160 valence electrons. The standard InChI is InChI=1S/C25H22N4O3/c1-24(2,30-3)9-8-16-6-7-21-19(11-16)25(15-31-23(26)29-25)20-12-18(14-28-22(20)32-21)17-5-4-10-27-13-17/h4-7,10-14H,15H2,1-3H3,(H2,26,29). The van der Waals surface area contributed by atoms with Gasteiger partial charge in [0, 0.05) is 48.0 Å². The lowest BCUT2D eigenvalue weighted by Crippen LogP contribution is -2.31. The van der Waals surface area contributed by atoms with E-state index in [9.17, 15) is 0 Å². The first-order valence-corrected chi connectivity index (χ1v) is 10.2. The molecule has 4 heterocycles. The number of hydrogen-bond acceptors (Lipinski definition) is 7. The van der Waals surface area contributed by atoms with E-state index in [1.807, 2.05) is 50.2 Å². The number of rotatable bonds is 2. The minimum absolute atomic E-state index is 0.132. The number of nitrogens with zero attached hydrogens (tertiary/aromatic N) is 3. The molecule has 0 saturated carbocycles. The smallest absolute Gasteiger partial charge is 0.283 e. The molecule has 0 radical (unpaired) electrons. The van der Waals surface area contributed by atoms with E-state index in [0.717, 1.165) is 27.8 Å². The van der Waals surface area contributed by atoms with Gasteiger partial charge in [-0.2, -0.15) is 0 Å². The van der Waals surface area contributed by atoms with E-state index in [-0.39, 0.29) is 12.6 Å². The van der Waals surface area contributed by atoms with Crippen molar-refractivity contribution < 1.29 is 14.2 Å². The molecule has 2 N–H and O–H groups in total. The summed E-state index contributed by atoms with van der Waals surface area (Å²) in [5.74, 6) is 7.46. The SMILES string of the molecule is COC(C)(C)C#Cc1ccc2c(c1)C1(COC(N)=N1)c1cc(-c3cccnc3)cnc1O2. The summed E-state index contributed by atoms with van der Waals surface area (Å²) in [6, 6.07) is 11.8. The molecule has 7 nitrogen and oxygen atoms in total. The van der Waals surface area contributed by atoms with Gasteiger partial charge in [0.2, 0.25) is 5.88 Å². The lowest BCUT2D eigenvalue weighted by atomic mass is 9.81. The zero-order valence-corrected chi connectivity index (χ0v) is 18.0. The molecule has 2 aliphatic heterocycles. The minimum Gasteiger partial charge on any atom is -0.462 e. The van der Waals surface area contributed by atoms with Crippen molar-refractivity contribution in [3.63, 3.8) is 0 Å². The molecule has 0 bridgehead atoms. The molecule has 32 heavy (non-hydrogen) atoms. The van der Waals surface area contributed by atoms with Gasteiger partial charge in [-0.3, -0.25) is 4.98 Å². The van der Waals surface area contributed by atoms with Gasteiger partial charge >= 0.3 is 0 Å². The van der Waals surface area contributed by atoms with Crippen LogP contribution in [0.25, 0.3) is 11.1 Å². The van der Waals surface area contributed by atoms with Gasteiger partial charge in [0.15, 0.2) is 5.54 Å². The van der Waals surface area contributed by atoms with Crippen LogP contribution in [0.1, 0.15) is 30.5 Å². The largest absolute Gasteiger partial charge is 0.462 e. The normalized spacial score (nSPS) is 18.5. The zero-order valence-electron chi connectivity index (χ0n) is 18.0. The van der Waals surface area contributed by atoms with Crippen LogP contribution in [0.4, 0.5) is 0 Å². The molecular formula is C25H22N4O3. The summed E-state index contributed by atoms with van der Waals surface area (Å²) in [6.45, 7) is 4.09. The molecule has 1 unspecified atom stereocenters. The van der Waals surface area contributed by atoms with Crippen LogP contribution in [0.15, 0.2) is 60.0 Å². The van der Waals surface area contributed by atoms with Crippen LogP contribution in [0.3, 0.4) is 0 Å². The van der Waals surface area contributed by atoms with E-state index >= 15 is 0 Å². The molecule has 0 fully saturated rings. The topological polar surface area (TPSA) is 91.9 Å². The summed E-state index contributed by atoms with van der Waals surface area (Å²) in [5.41, 5.74) is 8.85. The zero-order chi connectivity index (χ0) is 22.3. The number of hydrogen-bond donors (Lipinski definition) is 1. The van der Waals surface area contributed by atoms with Gasteiger partial charge in [-0.15, -0.1) is 0 Å². The van der Waals surface area contributed by atoms with E-state index in [1.54, 1.807) is 25.7 Å². The Morgan fingerprint density at radius 1 is 1.12 bits per heavy atom. The molecular weight excluding hydrogens is 404 g/mol. The fourth-order valence-corrected chi connectivity index (χ4v) is 3.77. The number of amidine groups is 1. The number of aliphatic imine (C=N–C) groups is 1. The fraction of sp³-hybridized carbons (Fsp3) is 0.240. The monoisotopic (exact) mass is 426 g/mol. The third-order valence-corrected chi connectivity index (χ3v) is 5.67. The van der Waals surface area contributed by atoms with Crippen LogP contribution in [-0.4, -0.2) is 35.3 Å².